The van der Waals surface area contributed by atoms with Gasteiger partial charge in [-0.05, 0) is 59.4 Å². The van der Waals surface area contributed by atoms with Crippen LogP contribution < -0.4 is 0 Å². The Kier molecular flexibility index (Phi) is 5.98. The number of piperidine rings is 1. The minimum atomic E-state index is -3.76. The SMILES string of the molecule is CN(CC(=O)N1CCC(c2ccc(O)cc2)CC1)S(=O)(=O)c1ccc2ccccc2c1. The van der Waals surface area contributed by atoms with E-state index in [2.05, 4.69) is 0 Å². The van der Waals surface area contributed by atoms with Gasteiger partial charge < -0.3 is 10.0 Å². The Labute approximate surface area is 182 Å². The van der Waals surface area contributed by atoms with Gasteiger partial charge in [-0.25, -0.2) is 8.42 Å². The number of hydrogen-bond donors (Lipinski definition) is 1. The van der Waals surface area contributed by atoms with Crippen molar-refractivity contribution in [1.82, 2.24) is 9.21 Å². The van der Waals surface area contributed by atoms with Crippen molar-refractivity contribution in [3.05, 3.63) is 72.3 Å². The molecule has 1 heterocycles. The van der Waals surface area contributed by atoms with Crippen LogP contribution in [0, 0.1) is 0 Å². The number of aromatic hydroxyl groups is 1. The standard InChI is InChI=1S/C24H26N2O4S/c1-25(31(29,30)23-11-8-18-4-2-3-5-21(18)16-23)17-24(28)26-14-12-20(13-15-26)19-6-9-22(27)10-7-19/h2-11,16,20,27H,12-15,17H2,1H3. The van der Waals surface area contributed by atoms with Gasteiger partial charge in [0.05, 0.1) is 11.4 Å². The molecule has 0 bridgehead atoms. The van der Waals surface area contributed by atoms with E-state index in [1.165, 1.54) is 7.05 Å². The summed E-state index contributed by atoms with van der Waals surface area (Å²) < 4.78 is 27.1. The Hall–Kier alpha value is -2.90. The van der Waals surface area contributed by atoms with Gasteiger partial charge in [0.25, 0.3) is 0 Å². The average molecular weight is 439 g/mol. The molecule has 0 saturated carbocycles. The smallest absolute Gasteiger partial charge is 0.243 e. The van der Waals surface area contributed by atoms with Gasteiger partial charge in [0.1, 0.15) is 5.75 Å². The van der Waals surface area contributed by atoms with Gasteiger partial charge in [-0.2, -0.15) is 4.31 Å². The van der Waals surface area contributed by atoms with Crippen LogP contribution >= 0.6 is 0 Å². The molecular weight excluding hydrogens is 412 g/mol. The number of fused-ring (bicyclic) bond motifs is 1. The zero-order valence-electron chi connectivity index (χ0n) is 17.4. The molecule has 0 aromatic heterocycles. The zero-order chi connectivity index (χ0) is 22.0. The normalized spacial score (nSPS) is 15.5. The largest absolute Gasteiger partial charge is 0.508 e. The lowest BCUT2D eigenvalue weighted by molar-refractivity contribution is -0.132. The third-order valence-corrected chi connectivity index (χ3v) is 7.80. The van der Waals surface area contributed by atoms with Gasteiger partial charge in [-0.15, -0.1) is 0 Å². The molecule has 0 atom stereocenters. The molecule has 1 N–H and O–H groups in total. The Balaban J connectivity index is 1.39. The van der Waals surface area contributed by atoms with Crippen LogP contribution in [0.15, 0.2) is 71.6 Å². The van der Waals surface area contributed by atoms with Gasteiger partial charge in [-0.3, -0.25) is 4.79 Å². The predicted octanol–water partition coefficient (Wildman–Crippen LogP) is 3.57. The second-order valence-corrected chi connectivity index (χ2v) is 10.1. The van der Waals surface area contributed by atoms with Crippen molar-refractivity contribution in [3.63, 3.8) is 0 Å². The van der Waals surface area contributed by atoms with Crippen molar-refractivity contribution in [2.75, 3.05) is 26.7 Å². The van der Waals surface area contributed by atoms with Crippen LogP contribution in [0.2, 0.25) is 0 Å². The van der Waals surface area contributed by atoms with Crippen molar-refractivity contribution in [2.45, 2.75) is 23.7 Å². The van der Waals surface area contributed by atoms with Crippen LogP contribution in [0.3, 0.4) is 0 Å². The third kappa shape index (κ3) is 4.57. The monoisotopic (exact) mass is 438 g/mol. The van der Waals surface area contributed by atoms with Gasteiger partial charge in [0, 0.05) is 20.1 Å². The lowest BCUT2D eigenvalue weighted by Gasteiger charge is -2.33. The molecular formula is C24H26N2O4S. The van der Waals surface area contributed by atoms with E-state index >= 15 is 0 Å². The van der Waals surface area contributed by atoms with E-state index in [4.69, 9.17) is 0 Å². The number of nitrogens with zero attached hydrogens (tertiary/aromatic N) is 2. The summed E-state index contributed by atoms with van der Waals surface area (Å²) in [6.07, 6.45) is 1.63. The lowest BCUT2D eigenvalue weighted by atomic mass is 9.89. The fraction of sp³-hybridized carbons (Fsp3) is 0.292. The van der Waals surface area contributed by atoms with Crippen molar-refractivity contribution < 1.29 is 18.3 Å². The fourth-order valence-corrected chi connectivity index (χ4v) is 5.25. The maximum Gasteiger partial charge on any atom is 0.243 e. The number of likely N-dealkylation sites (tertiary alicyclic amines) is 1. The van der Waals surface area contributed by atoms with Crippen LogP contribution in [0.4, 0.5) is 0 Å². The molecule has 1 aliphatic heterocycles. The van der Waals surface area contributed by atoms with E-state index in [1.807, 2.05) is 36.4 Å². The summed E-state index contributed by atoms with van der Waals surface area (Å²) in [6, 6.07) is 19.8. The van der Waals surface area contributed by atoms with Gasteiger partial charge in [0.15, 0.2) is 0 Å². The summed E-state index contributed by atoms with van der Waals surface area (Å²) in [6.45, 7) is 1.00. The average Bonchev–Trinajstić information content (AvgIpc) is 2.79. The highest BCUT2D eigenvalue weighted by atomic mass is 32.2. The minimum absolute atomic E-state index is 0.182. The minimum Gasteiger partial charge on any atom is -0.508 e. The number of carbonyl (C=O) groups excluding carboxylic acids is 1. The van der Waals surface area contributed by atoms with Crippen LogP contribution in [0.25, 0.3) is 10.8 Å². The summed E-state index contributed by atoms with van der Waals surface area (Å²) in [4.78, 5) is 14.7. The van der Waals surface area contributed by atoms with E-state index in [0.29, 0.717) is 19.0 Å². The number of hydrogen-bond acceptors (Lipinski definition) is 4. The Morgan fingerprint density at radius 1 is 1.00 bits per heavy atom. The number of phenolic OH excluding ortho intramolecular Hbond substituents is 1. The third-order valence-electron chi connectivity index (χ3n) is 6.00. The number of sulfonamides is 1. The molecule has 0 aliphatic carbocycles. The highest BCUT2D eigenvalue weighted by Crippen LogP contribution is 2.29. The van der Waals surface area contributed by atoms with Crippen molar-refractivity contribution in [2.24, 2.45) is 0 Å². The van der Waals surface area contributed by atoms with Crippen LogP contribution in [0.1, 0.15) is 24.3 Å². The van der Waals surface area contributed by atoms with Crippen molar-refractivity contribution in [1.29, 1.82) is 0 Å². The highest BCUT2D eigenvalue weighted by Gasteiger charge is 2.28. The van der Waals surface area contributed by atoms with E-state index in [0.717, 1.165) is 33.5 Å². The first-order valence-corrected chi connectivity index (χ1v) is 11.8. The molecule has 0 unspecified atom stereocenters. The van der Waals surface area contributed by atoms with E-state index in [1.54, 1.807) is 35.2 Å². The zero-order valence-corrected chi connectivity index (χ0v) is 18.3. The second kappa shape index (κ2) is 8.69. The molecule has 1 saturated heterocycles. The summed E-state index contributed by atoms with van der Waals surface area (Å²) >= 11 is 0. The predicted molar refractivity (Wildman–Crippen MR) is 120 cm³/mol. The van der Waals surface area contributed by atoms with Gasteiger partial charge >= 0.3 is 0 Å². The number of carbonyl (C=O) groups is 1. The van der Waals surface area contributed by atoms with Crippen molar-refractivity contribution in [3.8, 4) is 5.75 Å². The Morgan fingerprint density at radius 2 is 1.65 bits per heavy atom. The van der Waals surface area contributed by atoms with Gasteiger partial charge in [0.2, 0.25) is 15.9 Å². The number of rotatable bonds is 5. The molecule has 1 fully saturated rings. The van der Waals surface area contributed by atoms with Crippen LogP contribution in [-0.4, -0.2) is 55.3 Å². The molecule has 3 aromatic rings. The van der Waals surface area contributed by atoms with Crippen LogP contribution in [-0.2, 0) is 14.8 Å². The lowest BCUT2D eigenvalue weighted by Crippen LogP contribution is -2.44. The topological polar surface area (TPSA) is 77.9 Å². The number of likely N-dealkylation sites (N-methyl/N-ethyl adjacent to an activating group) is 1. The molecule has 1 aliphatic rings. The number of amides is 1. The Morgan fingerprint density at radius 3 is 2.32 bits per heavy atom. The first kappa shape index (κ1) is 21.3. The molecule has 0 radical (unpaired) electrons. The maximum absolute atomic E-state index is 13.0. The molecule has 1 amide bonds. The van der Waals surface area contributed by atoms with Crippen LogP contribution in [0.5, 0.6) is 5.75 Å². The first-order chi connectivity index (χ1) is 14.8. The summed E-state index contributed by atoms with van der Waals surface area (Å²) in [7, 11) is -2.31. The summed E-state index contributed by atoms with van der Waals surface area (Å²) in [5, 5.41) is 11.3. The molecule has 31 heavy (non-hydrogen) atoms. The molecule has 4 rings (SSSR count). The maximum atomic E-state index is 13.0. The molecule has 7 heteroatoms. The molecule has 3 aromatic carbocycles. The summed E-state index contributed by atoms with van der Waals surface area (Å²) in [5.41, 5.74) is 1.15. The number of benzene rings is 3. The van der Waals surface area contributed by atoms with E-state index < -0.39 is 10.0 Å². The second-order valence-electron chi connectivity index (χ2n) is 8.02. The molecule has 162 valence electrons. The quantitative estimate of drug-likeness (QED) is 0.661. The Bertz CT molecular complexity index is 1180. The van der Waals surface area contributed by atoms with Gasteiger partial charge in [-0.1, -0.05) is 42.5 Å². The van der Waals surface area contributed by atoms with E-state index in [-0.39, 0.29) is 23.1 Å². The molecule has 0 spiro atoms. The molecule has 6 nitrogen and oxygen atoms in total. The highest BCUT2D eigenvalue weighted by molar-refractivity contribution is 7.89. The van der Waals surface area contributed by atoms with Crippen molar-refractivity contribution >= 4 is 26.7 Å². The number of phenols is 1. The van der Waals surface area contributed by atoms with E-state index in [9.17, 15) is 18.3 Å². The fourth-order valence-electron chi connectivity index (χ4n) is 4.09. The summed E-state index contributed by atoms with van der Waals surface area (Å²) in [5.74, 6) is 0.395. The first-order valence-electron chi connectivity index (χ1n) is 10.4.